The Morgan fingerprint density at radius 2 is 1.89 bits per heavy atom. The topological polar surface area (TPSA) is 52.3 Å². The second kappa shape index (κ2) is 5.95. The third kappa shape index (κ3) is 3.72. The molecule has 2 rings (SSSR count). The van der Waals surface area contributed by atoms with Crippen molar-refractivity contribution in [2.24, 2.45) is 11.8 Å². The molecule has 1 aromatic rings. The highest BCUT2D eigenvalue weighted by Crippen LogP contribution is 2.31. The number of carbonyl (C=O) groups excluding carboxylic acids is 1. The highest BCUT2D eigenvalue weighted by molar-refractivity contribution is 9.10. The Bertz CT molecular complexity index is 465. The normalized spacial score (nSPS) is 27.0. The van der Waals surface area contributed by atoms with Crippen LogP contribution in [0.25, 0.3) is 0 Å². The van der Waals surface area contributed by atoms with Gasteiger partial charge in [0.1, 0.15) is 6.10 Å². The first-order valence-corrected chi connectivity index (χ1v) is 7.51. The molecule has 0 spiro atoms. The zero-order chi connectivity index (χ0) is 14.0. The van der Waals surface area contributed by atoms with Crippen LogP contribution in [0, 0.1) is 11.8 Å². The smallest absolute Gasteiger partial charge is 0.340 e. The monoisotopic (exact) mass is 325 g/mol. The van der Waals surface area contributed by atoms with Crippen LogP contribution in [0.1, 0.15) is 43.5 Å². The standard InChI is InChI=1S/C15H20BrNO2/c1-9-5-10(2)7-12(6-9)19-15(18)13-8-11(16)3-4-14(13)17/h3-4,8-10,12H,5-7,17H2,1-2H3. The number of benzene rings is 1. The lowest BCUT2D eigenvalue weighted by molar-refractivity contribution is 0.00817. The fourth-order valence-corrected chi connectivity index (χ4v) is 3.25. The molecule has 1 aliphatic rings. The van der Waals surface area contributed by atoms with E-state index in [-0.39, 0.29) is 12.1 Å². The summed E-state index contributed by atoms with van der Waals surface area (Å²) in [6.45, 7) is 4.42. The number of nitrogen functional groups attached to an aromatic ring is 1. The Balaban J connectivity index is 2.06. The molecule has 104 valence electrons. The minimum atomic E-state index is -0.315. The first-order valence-electron chi connectivity index (χ1n) is 6.71. The van der Waals surface area contributed by atoms with Gasteiger partial charge in [-0.3, -0.25) is 0 Å². The Morgan fingerprint density at radius 3 is 2.53 bits per heavy atom. The van der Waals surface area contributed by atoms with Crippen LogP contribution in [-0.2, 0) is 4.74 Å². The average Bonchev–Trinajstić information content (AvgIpc) is 2.30. The molecule has 1 saturated carbocycles. The Labute approximate surface area is 122 Å². The number of hydrogen-bond acceptors (Lipinski definition) is 3. The first-order chi connectivity index (χ1) is 8.95. The van der Waals surface area contributed by atoms with Crippen LogP contribution in [0.4, 0.5) is 5.69 Å². The van der Waals surface area contributed by atoms with Crippen LogP contribution in [0.2, 0.25) is 0 Å². The zero-order valence-corrected chi connectivity index (χ0v) is 12.9. The van der Waals surface area contributed by atoms with Gasteiger partial charge in [0.05, 0.1) is 5.56 Å². The number of anilines is 1. The van der Waals surface area contributed by atoms with Gasteiger partial charge >= 0.3 is 5.97 Å². The van der Waals surface area contributed by atoms with Crippen molar-refractivity contribution in [2.45, 2.75) is 39.2 Å². The highest BCUT2D eigenvalue weighted by Gasteiger charge is 2.27. The van der Waals surface area contributed by atoms with Crippen molar-refractivity contribution in [3.8, 4) is 0 Å². The molecule has 0 saturated heterocycles. The molecule has 1 fully saturated rings. The number of rotatable bonds is 2. The molecule has 1 aromatic carbocycles. The van der Waals surface area contributed by atoms with E-state index in [4.69, 9.17) is 10.5 Å². The first kappa shape index (κ1) is 14.4. The molecule has 0 radical (unpaired) electrons. The van der Waals surface area contributed by atoms with Crippen LogP contribution in [0.5, 0.6) is 0 Å². The number of esters is 1. The second-order valence-corrected chi connectivity index (χ2v) is 6.59. The van der Waals surface area contributed by atoms with Gasteiger partial charge in [-0.1, -0.05) is 29.8 Å². The van der Waals surface area contributed by atoms with Gasteiger partial charge in [0, 0.05) is 10.2 Å². The van der Waals surface area contributed by atoms with Crippen molar-refractivity contribution in [3.05, 3.63) is 28.2 Å². The maximum atomic E-state index is 12.2. The lowest BCUT2D eigenvalue weighted by Gasteiger charge is -2.31. The maximum absolute atomic E-state index is 12.2. The SMILES string of the molecule is CC1CC(C)CC(OC(=O)c2cc(Br)ccc2N)C1. The summed E-state index contributed by atoms with van der Waals surface area (Å²) in [7, 11) is 0. The van der Waals surface area contributed by atoms with Crippen molar-refractivity contribution in [1.82, 2.24) is 0 Å². The van der Waals surface area contributed by atoms with Gasteiger partial charge in [0.25, 0.3) is 0 Å². The van der Waals surface area contributed by atoms with Crippen LogP contribution in [0.3, 0.4) is 0 Å². The summed E-state index contributed by atoms with van der Waals surface area (Å²) in [5.41, 5.74) is 6.74. The summed E-state index contributed by atoms with van der Waals surface area (Å²) < 4.78 is 6.45. The Kier molecular flexibility index (Phi) is 4.50. The molecule has 2 atom stereocenters. The predicted octanol–water partition coefficient (Wildman–Crippen LogP) is 4.01. The summed E-state index contributed by atoms with van der Waals surface area (Å²) in [4.78, 5) is 12.2. The zero-order valence-electron chi connectivity index (χ0n) is 11.4. The molecular formula is C15H20BrNO2. The number of hydrogen-bond donors (Lipinski definition) is 1. The van der Waals surface area contributed by atoms with Gasteiger partial charge < -0.3 is 10.5 Å². The molecule has 4 heteroatoms. The molecule has 0 bridgehead atoms. The molecule has 2 N–H and O–H groups in total. The molecule has 0 heterocycles. The maximum Gasteiger partial charge on any atom is 0.340 e. The predicted molar refractivity (Wildman–Crippen MR) is 79.9 cm³/mol. The molecule has 0 aliphatic heterocycles. The third-order valence-electron chi connectivity index (χ3n) is 3.64. The van der Waals surface area contributed by atoms with Crippen molar-refractivity contribution >= 4 is 27.6 Å². The van der Waals surface area contributed by atoms with Gasteiger partial charge in [-0.25, -0.2) is 4.79 Å². The molecular weight excluding hydrogens is 306 g/mol. The van der Waals surface area contributed by atoms with Crippen molar-refractivity contribution in [1.29, 1.82) is 0 Å². The van der Waals surface area contributed by atoms with E-state index in [2.05, 4.69) is 29.8 Å². The van der Waals surface area contributed by atoms with Crippen LogP contribution in [-0.4, -0.2) is 12.1 Å². The number of carbonyl (C=O) groups is 1. The fourth-order valence-electron chi connectivity index (χ4n) is 2.89. The molecule has 1 aliphatic carbocycles. The van der Waals surface area contributed by atoms with E-state index in [0.717, 1.165) is 17.3 Å². The minimum absolute atomic E-state index is 0.0182. The van der Waals surface area contributed by atoms with Crippen molar-refractivity contribution < 1.29 is 9.53 Å². The van der Waals surface area contributed by atoms with Crippen molar-refractivity contribution in [3.63, 3.8) is 0 Å². The van der Waals surface area contributed by atoms with Gasteiger partial charge in [-0.2, -0.15) is 0 Å². The van der Waals surface area contributed by atoms with Crippen molar-refractivity contribution in [2.75, 3.05) is 5.73 Å². The lowest BCUT2D eigenvalue weighted by Crippen LogP contribution is -2.28. The molecule has 0 amide bonds. The summed E-state index contributed by atoms with van der Waals surface area (Å²) in [6.07, 6.45) is 3.13. The van der Waals surface area contributed by atoms with E-state index >= 15 is 0 Å². The summed E-state index contributed by atoms with van der Waals surface area (Å²) >= 11 is 3.35. The van der Waals surface area contributed by atoms with Gasteiger partial charge in [0.2, 0.25) is 0 Å². The van der Waals surface area contributed by atoms with E-state index < -0.39 is 0 Å². The van der Waals surface area contributed by atoms with E-state index in [0.29, 0.717) is 23.1 Å². The average molecular weight is 326 g/mol. The molecule has 2 unspecified atom stereocenters. The van der Waals surface area contributed by atoms with Gasteiger partial charge in [-0.15, -0.1) is 0 Å². The Morgan fingerprint density at radius 1 is 1.26 bits per heavy atom. The largest absolute Gasteiger partial charge is 0.459 e. The number of halogens is 1. The fraction of sp³-hybridized carbons (Fsp3) is 0.533. The minimum Gasteiger partial charge on any atom is -0.459 e. The van der Waals surface area contributed by atoms with Crippen LogP contribution < -0.4 is 5.73 Å². The van der Waals surface area contributed by atoms with E-state index in [9.17, 15) is 4.79 Å². The summed E-state index contributed by atoms with van der Waals surface area (Å²) in [6, 6.07) is 5.25. The molecule has 3 nitrogen and oxygen atoms in total. The summed E-state index contributed by atoms with van der Waals surface area (Å²) in [5.74, 6) is 0.910. The quantitative estimate of drug-likeness (QED) is 0.660. The highest BCUT2D eigenvalue weighted by atomic mass is 79.9. The number of nitrogens with two attached hydrogens (primary N) is 1. The van der Waals surface area contributed by atoms with E-state index in [1.807, 2.05) is 6.07 Å². The third-order valence-corrected chi connectivity index (χ3v) is 4.14. The van der Waals surface area contributed by atoms with Crippen LogP contribution >= 0.6 is 15.9 Å². The van der Waals surface area contributed by atoms with E-state index in [1.54, 1.807) is 12.1 Å². The molecule has 0 aromatic heterocycles. The van der Waals surface area contributed by atoms with Crippen LogP contribution in [0.15, 0.2) is 22.7 Å². The summed E-state index contributed by atoms with van der Waals surface area (Å²) in [5, 5.41) is 0. The molecule has 19 heavy (non-hydrogen) atoms. The number of ether oxygens (including phenoxy) is 1. The van der Waals surface area contributed by atoms with Gasteiger partial charge in [0.15, 0.2) is 0 Å². The Hall–Kier alpha value is -1.03. The second-order valence-electron chi connectivity index (χ2n) is 5.68. The van der Waals surface area contributed by atoms with E-state index in [1.165, 1.54) is 6.42 Å². The lowest BCUT2D eigenvalue weighted by atomic mass is 9.82. The van der Waals surface area contributed by atoms with Gasteiger partial charge in [-0.05, 0) is 49.3 Å².